The molecule has 0 aromatic heterocycles. The van der Waals surface area contributed by atoms with Crippen molar-refractivity contribution in [1.82, 2.24) is 5.32 Å². The molecular formula is C28H28N2O5. The number of ether oxygens (including phenoxy) is 1. The number of carbonyl (C=O) groups excluding carboxylic acids is 2. The normalized spacial score (nSPS) is 12.4. The third kappa shape index (κ3) is 5.69. The highest BCUT2D eigenvalue weighted by molar-refractivity contribution is 5.96. The zero-order valence-corrected chi connectivity index (χ0v) is 19.7. The van der Waals surface area contributed by atoms with Gasteiger partial charge in [0.2, 0.25) is 0 Å². The number of carbonyl (C=O) groups is 3. The van der Waals surface area contributed by atoms with Crippen LogP contribution >= 0.6 is 0 Å². The molecule has 0 saturated carbocycles. The molecule has 1 aliphatic carbocycles. The lowest BCUT2D eigenvalue weighted by Crippen LogP contribution is -2.43. The number of carboxylic acids is 1. The van der Waals surface area contributed by atoms with Crippen LogP contribution in [0.1, 0.15) is 54.1 Å². The number of hydrogen-bond acceptors (Lipinski definition) is 4. The highest BCUT2D eigenvalue weighted by Gasteiger charge is 2.29. The summed E-state index contributed by atoms with van der Waals surface area (Å²) in [6.45, 7) is 3.73. The molecule has 0 radical (unpaired) electrons. The van der Waals surface area contributed by atoms with E-state index in [1.54, 1.807) is 38.1 Å². The molecule has 35 heavy (non-hydrogen) atoms. The lowest BCUT2D eigenvalue weighted by atomic mass is 9.97. The lowest BCUT2D eigenvalue weighted by molar-refractivity contribution is -0.137. The van der Waals surface area contributed by atoms with Gasteiger partial charge in [0.25, 0.3) is 5.91 Å². The number of carboxylic acid groups (broad SMARTS) is 1. The minimum Gasteiger partial charge on any atom is -0.481 e. The molecule has 0 unspecified atom stereocenters. The smallest absolute Gasteiger partial charge is 0.411 e. The highest BCUT2D eigenvalue weighted by atomic mass is 16.5. The summed E-state index contributed by atoms with van der Waals surface area (Å²) in [7, 11) is 0. The monoisotopic (exact) mass is 472 g/mol. The van der Waals surface area contributed by atoms with E-state index in [0.717, 1.165) is 22.3 Å². The predicted molar refractivity (Wildman–Crippen MR) is 134 cm³/mol. The van der Waals surface area contributed by atoms with Gasteiger partial charge in [0.15, 0.2) is 0 Å². The molecule has 0 atom stereocenters. The minimum absolute atomic E-state index is 0.0432. The van der Waals surface area contributed by atoms with Crippen molar-refractivity contribution in [3.05, 3.63) is 89.5 Å². The molecule has 0 aliphatic heterocycles. The van der Waals surface area contributed by atoms with Crippen LogP contribution in [0.15, 0.2) is 72.8 Å². The largest absolute Gasteiger partial charge is 0.481 e. The molecule has 7 nitrogen and oxygen atoms in total. The number of rotatable bonds is 8. The van der Waals surface area contributed by atoms with Gasteiger partial charge in [-0.25, -0.2) is 4.79 Å². The summed E-state index contributed by atoms with van der Waals surface area (Å²) in [6.07, 6.45) is -0.353. The first-order valence-corrected chi connectivity index (χ1v) is 11.5. The average molecular weight is 473 g/mol. The van der Waals surface area contributed by atoms with Gasteiger partial charge in [-0.05, 0) is 60.7 Å². The summed E-state index contributed by atoms with van der Waals surface area (Å²) in [6, 6.07) is 22.8. The molecule has 3 aromatic carbocycles. The lowest BCUT2D eigenvalue weighted by Gasteiger charge is -2.25. The van der Waals surface area contributed by atoms with Gasteiger partial charge in [0.1, 0.15) is 6.61 Å². The number of anilines is 1. The molecule has 4 rings (SSSR count). The van der Waals surface area contributed by atoms with Crippen molar-refractivity contribution in [2.45, 2.75) is 38.1 Å². The highest BCUT2D eigenvalue weighted by Crippen LogP contribution is 2.44. The molecule has 0 fully saturated rings. The molecule has 1 aliphatic rings. The number of hydrogen-bond donors (Lipinski definition) is 3. The Hall–Kier alpha value is -4.13. The molecule has 3 aromatic rings. The summed E-state index contributed by atoms with van der Waals surface area (Å²) in [5.41, 5.74) is 4.66. The molecule has 0 heterocycles. The Balaban J connectivity index is 1.38. The first-order chi connectivity index (χ1) is 16.7. The quantitative estimate of drug-likeness (QED) is 0.406. The maximum absolute atomic E-state index is 12.7. The van der Waals surface area contributed by atoms with Crippen LogP contribution in [0, 0.1) is 0 Å². The standard InChI is InChI=1S/C28H28N2O5/c1-28(2,15-14-25(31)32)30-26(33)18-8-7-9-19(16-18)29-27(34)35-17-24-22-12-5-3-10-20(22)21-11-4-6-13-23(21)24/h3-13,16,24H,14-15,17H2,1-2H3,(H,29,34)(H,30,33)(H,31,32). The van der Waals surface area contributed by atoms with Gasteiger partial charge in [-0.1, -0.05) is 54.6 Å². The fraction of sp³-hybridized carbons (Fsp3) is 0.250. The Bertz CT molecular complexity index is 1220. The Kier molecular flexibility index (Phi) is 6.87. The van der Waals surface area contributed by atoms with Gasteiger partial charge in [-0.2, -0.15) is 0 Å². The Morgan fingerprint density at radius 1 is 0.914 bits per heavy atom. The van der Waals surface area contributed by atoms with Crippen molar-refractivity contribution >= 4 is 23.7 Å². The van der Waals surface area contributed by atoms with E-state index < -0.39 is 17.6 Å². The van der Waals surface area contributed by atoms with Gasteiger partial charge >= 0.3 is 12.1 Å². The van der Waals surface area contributed by atoms with E-state index in [9.17, 15) is 14.4 Å². The first-order valence-electron chi connectivity index (χ1n) is 11.5. The number of aliphatic carboxylic acids is 1. The number of amides is 2. The van der Waals surface area contributed by atoms with Crippen molar-refractivity contribution in [2.75, 3.05) is 11.9 Å². The van der Waals surface area contributed by atoms with Crippen molar-refractivity contribution in [1.29, 1.82) is 0 Å². The molecule has 7 heteroatoms. The second kappa shape index (κ2) is 10.0. The molecule has 180 valence electrons. The van der Waals surface area contributed by atoms with Crippen molar-refractivity contribution in [3.8, 4) is 11.1 Å². The summed E-state index contributed by atoms with van der Waals surface area (Å²) < 4.78 is 5.57. The molecular weight excluding hydrogens is 444 g/mol. The van der Waals surface area contributed by atoms with Crippen LogP contribution in [-0.2, 0) is 9.53 Å². The van der Waals surface area contributed by atoms with Crippen LogP contribution in [0.2, 0.25) is 0 Å². The van der Waals surface area contributed by atoms with Crippen LogP contribution in [0.5, 0.6) is 0 Å². The SMILES string of the molecule is CC(C)(CCC(=O)O)NC(=O)c1cccc(NC(=O)OCC2c3ccccc3-c3ccccc32)c1. The minimum atomic E-state index is -0.915. The van der Waals surface area contributed by atoms with Gasteiger partial charge in [0, 0.05) is 29.1 Å². The first kappa shape index (κ1) is 24.0. The van der Waals surface area contributed by atoms with Crippen molar-refractivity contribution in [3.63, 3.8) is 0 Å². The zero-order chi connectivity index (χ0) is 25.0. The van der Waals surface area contributed by atoms with Gasteiger partial charge in [-0.3, -0.25) is 14.9 Å². The van der Waals surface area contributed by atoms with E-state index in [2.05, 4.69) is 34.9 Å². The maximum atomic E-state index is 12.7. The van der Waals surface area contributed by atoms with Crippen LogP contribution in [-0.4, -0.2) is 35.2 Å². The van der Waals surface area contributed by atoms with Crippen molar-refractivity contribution in [2.24, 2.45) is 0 Å². The third-order valence-electron chi connectivity index (χ3n) is 6.13. The van der Waals surface area contributed by atoms with E-state index in [1.807, 2.05) is 24.3 Å². The fourth-order valence-corrected chi connectivity index (χ4v) is 4.35. The van der Waals surface area contributed by atoms with Crippen LogP contribution in [0.3, 0.4) is 0 Å². The van der Waals surface area contributed by atoms with E-state index >= 15 is 0 Å². The number of fused-ring (bicyclic) bond motifs is 3. The van der Waals surface area contributed by atoms with Crippen LogP contribution in [0.25, 0.3) is 11.1 Å². The molecule has 0 saturated heterocycles. The summed E-state index contributed by atoms with van der Waals surface area (Å²) in [5, 5.41) is 14.4. The number of benzene rings is 3. The van der Waals surface area contributed by atoms with E-state index in [-0.39, 0.29) is 24.9 Å². The Labute approximate surface area is 204 Å². The summed E-state index contributed by atoms with van der Waals surface area (Å²) >= 11 is 0. The van der Waals surface area contributed by atoms with Crippen LogP contribution in [0.4, 0.5) is 10.5 Å². The second-order valence-electron chi connectivity index (χ2n) is 9.26. The third-order valence-corrected chi connectivity index (χ3v) is 6.13. The second-order valence-corrected chi connectivity index (χ2v) is 9.26. The van der Waals surface area contributed by atoms with E-state index in [4.69, 9.17) is 9.84 Å². The van der Waals surface area contributed by atoms with E-state index in [1.165, 1.54) is 0 Å². The topological polar surface area (TPSA) is 105 Å². The van der Waals surface area contributed by atoms with Crippen LogP contribution < -0.4 is 10.6 Å². The molecule has 0 spiro atoms. The summed E-state index contributed by atoms with van der Waals surface area (Å²) in [4.78, 5) is 36.1. The fourth-order valence-electron chi connectivity index (χ4n) is 4.35. The molecule has 2 amide bonds. The summed E-state index contributed by atoms with van der Waals surface area (Å²) in [5.74, 6) is -1.31. The molecule has 3 N–H and O–H groups in total. The van der Waals surface area contributed by atoms with E-state index in [0.29, 0.717) is 17.7 Å². The zero-order valence-electron chi connectivity index (χ0n) is 19.7. The Morgan fingerprint density at radius 3 is 2.17 bits per heavy atom. The van der Waals surface area contributed by atoms with Gasteiger partial charge < -0.3 is 15.2 Å². The van der Waals surface area contributed by atoms with Crippen molar-refractivity contribution < 1.29 is 24.2 Å². The molecule has 0 bridgehead atoms. The Morgan fingerprint density at radius 2 is 1.54 bits per heavy atom. The average Bonchev–Trinajstić information content (AvgIpc) is 3.15. The predicted octanol–water partition coefficient (Wildman–Crippen LogP) is 5.42. The van der Waals surface area contributed by atoms with Gasteiger partial charge in [-0.15, -0.1) is 0 Å². The maximum Gasteiger partial charge on any atom is 0.411 e. The van der Waals surface area contributed by atoms with Gasteiger partial charge in [0.05, 0.1) is 0 Å². The number of nitrogens with one attached hydrogen (secondary N) is 2.